The molecule has 2 bridgehead atoms. The van der Waals surface area contributed by atoms with Crippen LogP contribution in [0.1, 0.15) is 46.5 Å². The van der Waals surface area contributed by atoms with E-state index in [0.29, 0.717) is 12.5 Å². The van der Waals surface area contributed by atoms with Gasteiger partial charge in [-0.25, -0.2) is 4.79 Å². The van der Waals surface area contributed by atoms with Gasteiger partial charge in [0.25, 0.3) is 0 Å². The maximum absolute atomic E-state index is 12.2. The van der Waals surface area contributed by atoms with Gasteiger partial charge in [-0.3, -0.25) is 0 Å². The number of rotatable bonds is 1. The number of hydrogen-bond donors (Lipinski definition) is 1. The third-order valence-corrected chi connectivity index (χ3v) is 3.93. The van der Waals surface area contributed by atoms with Gasteiger partial charge in [-0.2, -0.15) is 0 Å². The number of halogens is 1. The summed E-state index contributed by atoms with van der Waals surface area (Å²) in [5.74, 6) is 0.625. The fraction of sp³-hybridized carbons (Fsp3) is 0.923. The Morgan fingerprint density at radius 3 is 2.72 bits per heavy atom. The number of carbonyl (C=O) groups excluding carboxylic acids is 1. The van der Waals surface area contributed by atoms with Crippen molar-refractivity contribution in [3.8, 4) is 0 Å². The summed E-state index contributed by atoms with van der Waals surface area (Å²) in [5, 5.41) is 0. The van der Waals surface area contributed by atoms with E-state index in [9.17, 15) is 4.79 Å². The summed E-state index contributed by atoms with van der Waals surface area (Å²) >= 11 is 0. The SMILES string of the molecule is CC(C)(C)OC(=O)N1CC2CCC[C@]1(CN)C2.Cl. The molecule has 1 heterocycles. The first-order valence-electron chi connectivity index (χ1n) is 6.57. The van der Waals surface area contributed by atoms with E-state index < -0.39 is 5.60 Å². The first kappa shape index (κ1) is 15.6. The van der Waals surface area contributed by atoms with Gasteiger partial charge in [-0.15, -0.1) is 12.4 Å². The Bertz CT molecular complexity index is 317. The predicted octanol–water partition coefficient (Wildman–Crippen LogP) is 2.55. The van der Waals surface area contributed by atoms with Crippen LogP contribution in [0.5, 0.6) is 0 Å². The van der Waals surface area contributed by atoms with Crippen molar-refractivity contribution in [3.05, 3.63) is 0 Å². The molecule has 4 nitrogen and oxygen atoms in total. The molecule has 2 fully saturated rings. The molecule has 2 rings (SSSR count). The molecule has 1 amide bonds. The smallest absolute Gasteiger partial charge is 0.410 e. The highest BCUT2D eigenvalue weighted by Crippen LogP contribution is 2.43. The van der Waals surface area contributed by atoms with E-state index in [0.717, 1.165) is 19.4 Å². The second kappa shape index (κ2) is 5.25. The molecule has 1 saturated heterocycles. The Morgan fingerprint density at radius 1 is 1.50 bits per heavy atom. The Labute approximate surface area is 116 Å². The van der Waals surface area contributed by atoms with Crippen molar-refractivity contribution >= 4 is 18.5 Å². The normalized spacial score (nSPS) is 30.9. The van der Waals surface area contributed by atoms with Gasteiger partial charge < -0.3 is 15.4 Å². The summed E-state index contributed by atoms with van der Waals surface area (Å²) < 4.78 is 5.49. The number of nitrogens with zero attached hydrogens (tertiary/aromatic N) is 1. The van der Waals surface area contributed by atoms with Crippen LogP contribution in [0.15, 0.2) is 0 Å². The summed E-state index contributed by atoms with van der Waals surface area (Å²) in [6, 6.07) is 0. The van der Waals surface area contributed by atoms with E-state index in [4.69, 9.17) is 10.5 Å². The Kier molecular flexibility index (Phi) is 4.55. The molecule has 1 unspecified atom stereocenters. The average molecular weight is 277 g/mol. The molecular formula is C13H25ClN2O2. The number of amides is 1. The van der Waals surface area contributed by atoms with Crippen LogP contribution >= 0.6 is 12.4 Å². The molecule has 1 aliphatic carbocycles. The van der Waals surface area contributed by atoms with Crippen LogP contribution in [-0.2, 0) is 4.74 Å². The van der Waals surface area contributed by atoms with Crippen LogP contribution in [0.4, 0.5) is 4.79 Å². The number of ether oxygens (including phenoxy) is 1. The minimum Gasteiger partial charge on any atom is -0.444 e. The van der Waals surface area contributed by atoms with Crippen molar-refractivity contribution < 1.29 is 9.53 Å². The fourth-order valence-corrected chi connectivity index (χ4v) is 3.19. The van der Waals surface area contributed by atoms with Gasteiger partial charge in [0.05, 0.1) is 5.54 Å². The molecule has 1 saturated carbocycles. The monoisotopic (exact) mass is 276 g/mol. The average Bonchev–Trinajstić information content (AvgIpc) is 2.48. The minimum absolute atomic E-state index is 0. The highest BCUT2D eigenvalue weighted by atomic mass is 35.5. The van der Waals surface area contributed by atoms with E-state index in [1.165, 1.54) is 12.8 Å². The molecule has 18 heavy (non-hydrogen) atoms. The van der Waals surface area contributed by atoms with Crippen LogP contribution < -0.4 is 5.73 Å². The Hall–Kier alpha value is -0.480. The Balaban J connectivity index is 0.00000162. The molecule has 2 N–H and O–H groups in total. The van der Waals surface area contributed by atoms with Gasteiger partial charge >= 0.3 is 6.09 Å². The van der Waals surface area contributed by atoms with Crippen molar-refractivity contribution in [2.75, 3.05) is 13.1 Å². The number of hydrogen-bond acceptors (Lipinski definition) is 3. The van der Waals surface area contributed by atoms with Crippen molar-refractivity contribution in [2.45, 2.75) is 57.6 Å². The van der Waals surface area contributed by atoms with Crippen molar-refractivity contribution in [2.24, 2.45) is 11.7 Å². The maximum Gasteiger partial charge on any atom is 0.410 e. The van der Waals surface area contributed by atoms with E-state index in [1.54, 1.807) is 0 Å². The number of carbonyl (C=O) groups is 1. The van der Waals surface area contributed by atoms with Crippen LogP contribution in [0.25, 0.3) is 0 Å². The molecule has 0 aromatic heterocycles. The van der Waals surface area contributed by atoms with Gasteiger partial charge in [-0.1, -0.05) is 6.42 Å². The van der Waals surface area contributed by atoms with Crippen LogP contribution in [0.3, 0.4) is 0 Å². The van der Waals surface area contributed by atoms with Gasteiger partial charge in [-0.05, 0) is 46.0 Å². The molecular weight excluding hydrogens is 252 g/mol. The van der Waals surface area contributed by atoms with Gasteiger partial charge in [0.2, 0.25) is 0 Å². The number of nitrogens with two attached hydrogens (primary N) is 1. The molecule has 2 aliphatic rings. The molecule has 5 heteroatoms. The molecule has 1 aliphatic heterocycles. The molecule has 0 aromatic rings. The summed E-state index contributed by atoms with van der Waals surface area (Å²) in [4.78, 5) is 14.1. The molecule has 106 valence electrons. The van der Waals surface area contributed by atoms with Gasteiger partial charge in [0.1, 0.15) is 5.60 Å². The molecule has 0 radical (unpaired) electrons. The molecule has 0 spiro atoms. The lowest BCUT2D eigenvalue weighted by Crippen LogP contribution is -2.53. The second-order valence-corrected chi connectivity index (χ2v) is 6.48. The lowest BCUT2D eigenvalue weighted by Gasteiger charge is -2.39. The summed E-state index contributed by atoms with van der Waals surface area (Å²) in [7, 11) is 0. The van der Waals surface area contributed by atoms with Crippen molar-refractivity contribution in [1.82, 2.24) is 4.90 Å². The van der Waals surface area contributed by atoms with Crippen molar-refractivity contribution in [3.63, 3.8) is 0 Å². The quantitative estimate of drug-likeness (QED) is 0.801. The minimum atomic E-state index is -0.427. The summed E-state index contributed by atoms with van der Waals surface area (Å²) in [6.45, 7) is 7.10. The number of fused-ring (bicyclic) bond motifs is 2. The van der Waals surface area contributed by atoms with E-state index in [-0.39, 0.29) is 24.0 Å². The lowest BCUT2D eigenvalue weighted by molar-refractivity contribution is 0.00792. The highest BCUT2D eigenvalue weighted by Gasteiger charge is 2.50. The summed E-state index contributed by atoms with van der Waals surface area (Å²) in [5.41, 5.74) is 5.37. The third-order valence-electron chi connectivity index (χ3n) is 3.93. The standard InChI is InChI=1S/C13H24N2O2.ClH/c1-12(2,3)17-11(16)15-8-10-5-4-6-13(15,7-10)9-14;/h10H,4-9,14H2,1-3H3;1H/t10?,13-;/m1./s1. The number of likely N-dealkylation sites (tertiary alicyclic amines) is 1. The zero-order valence-corrected chi connectivity index (χ0v) is 12.4. The van der Waals surface area contributed by atoms with Crippen LogP contribution in [-0.4, -0.2) is 35.2 Å². The van der Waals surface area contributed by atoms with Crippen molar-refractivity contribution in [1.29, 1.82) is 0 Å². The van der Waals surface area contributed by atoms with E-state index in [1.807, 2.05) is 25.7 Å². The summed E-state index contributed by atoms with van der Waals surface area (Å²) in [6.07, 6.45) is 4.30. The first-order chi connectivity index (χ1) is 7.86. The van der Waals surface area contributed by atoms with E-state index in [2.05, 4.69) is 0 Å². The van der Waals surface area contributed by atoms with Gasteiger partial charge in [0.15, 0.2) is 0 Å². The van der Waals surface area contributed by atoms with Crippen LogP contribution in [0, 0.1) is 5.92 Å². The second-order valence-electron chi connectivity index (χ2n) is 6.48. The third kappa shape index (κ3) is 2.91. The topological polar surface area (TPSA) is 55.6 Å². The zero-order chi connectivity index (χ0) is 12.7. The van der Waals surface area contributed by atoms with Crippen LogP contribution in [0.2, 0.25) is 0 Å². The first-order valence-corrected chi connectivity index (χ1v) is 6.57. The maximum atomic E-state index is 12.2. The highest BCUT2D eigenvalue weighted by molar-refractivity contribution is 5.85. The predicted molar refractivity (Wildman–Crippen MR) is 73.9 cm³/mol. The zero-order valence-electron chi connectivity index (χ0n) is 11.6. The fourth-order valence-electron chi connectivity index (χ4n) is 3.19. The molecule has 0 aromatic carbocycles. The van der Waals surface area contributed by atoms with Gasteiger partial charge in [0, 0.05) is 13.1 Å². The molecule has 2 atom stereocenters. The Morgan fingerprint density at radius 2 is 2.17 bits per heavy atom. The lowest BCUT2D eigenvalue weighted by atomic mass is 9.80. The van der Waals surface area contributed by atoms with E-state index >= 15 is 0 Å². The largest absolute Gasteiger partial charge is 0.444 e.